The molecule has 2 heterocycles. The molecule has 0 aliphatic carbocycles. The van der Waals surface area contributed by atoms with Gasteiger partial charge in [0, 0.05) is 36.6 Å². The maximum atomic E-state index is 12.1. The summed E-state index contributed by atoms with van der Waals surface area (Å²) in [4.78, 5) is 48.5. The van der Waals surface area contributed by atoms with Crippen LogP contribution in [0.1, 0.15) is 55.3 Å². The van der Waals surface area contributed by atoms with E-state index in [1.807, 2.05) is 97.1 Å². The van der Waals surface area contributed by atoms with Crippen molar-refractivity contribution < 1.29 is 38.1 Å². The van der Waals surface area contributed by atoms with E-state index in [0.29, 0.717) is 22.3 Å². The van der Waals surface area contributed by atoms with Crippen molar-refractivity contribution in [2.45, 2.75) is 13.8 Å². The Bertz CT molecular complexity index is 4330. The van der Waals surface area contributed by atoms with Crippen molar-refractivity contribution in [1.29, 1.82) is 10.5 Å². The van der Waals surface area contributed by atoms with Gasteiger partial charge in [-0.3, -0.25) is 0 Å². The van der Waals surface area contributed by atoms with Gasteiger partial charge in [-0.1, -0.05) is 218 Å². The van der Waals surface area contributed by atoms with Gasteiger partial charge in [-0.15, -0.1) is 0 Å². The summed E-state index contributed by atoms with van der Waals surface area (Å²) in [7, 11) is -0.195. The lowest BCUT2D eigenvalue weighted by Gasteiger charge is -2.41. The molecule has 2 aliphatic heterocycles. The zero-order valence-electron chi connectivity index (χ0n) is 54.9. The minimum atomic E-state index is -2.88. The topological polar surface area (TPSA) is 177 Å². The normalized spacial score (nSPS) is 12.0. The predicted octanol–water partition coefficient (Wildman–Crippen LogP) is 13.1. The lowest BCUT2D eigenvalue weighted by atomic mass is 10.0. The van der Waals surface area contributed by atoms with Crippen molar-refractivity contribution in [1.82, 2.24) is 0 Å². The largest absolute Gasteiger partial charge is 0.465 e. The Balaban J connectivity index is 0.000000184. The summed E-state index contributed by atoms with van der Waals surface area (Å²) < 4.78 is 19.7. The van der Waals surface area contributed by atoms with Gasteiger partial charge in [0.05, 0.1) is 62.8 Å². The zero-order valence-corrected chi connectivity index (χ0v) is 56.9. The number of carbonyl (C=O) groups is 4. The molecular formula is C84H68N4O8Si2. The molecule has 0 aromatic heterocycles. The summed E-state index contributed by atoms with van der Waals surface area (Å²) in [5.74, 6) is -1.41. The van der Waals surface area contributed by atoms with Crippen LogP contribution in [0.5, 0.6) is 0 Å². The van der Waals surface area contributed by atoms with Crippen molar-refractivity contribution in [3.8, 4) is 56.6 Å². The number of benzene rings is 12. The van der Waals surface area contributed by atoms with Crippen LogP contribution in [-0.4, -0.2) is 68.5 Å². The highest BCUT2D eigenvalue weighted by molar-refractivity contribution is 7.22. The second-order valence-electron chi connectivity index (χ2n) is 23.0. The average molecular weight is 1320 g/mol. The molecular weight excluding hydrogens is 1250 g/mol. The molecule has 480 valence electrons. The van der Waals surface area contributed by atoms with Gasteiger partial charge in [-0.25, -0.2) is 19.2 Å². The second kappa shape index (κ2) is 30.3. The summed E-state index contributed by atoms with van der Waals surface area (Å²) in [5.41, 5.74) is 14.7. The molecule has 0 fully saturated rings. The Hall–Kier alpha value is -12.5. The van der Waals surface area contributed by atoms with Gasteiger partial charge in [0.2, 0.25) is 0 Å². The van der Waals surface area contributed by atoms with Crippen LogP contribution < -0.4 is 52.1 Å². The molecule has 0 atom stereocenters. The number of nitriles is 2. The van der Waals surface area contributed by atoms with Crippen LogP contribution in [0.3, 0.4) is 0 Å². The van der Waals surface area contributed by atoms with E-state index in [4.69, 9.17) is 29.5 Å². The predicted molar refractivity (Wildman–Crippen MR) is 396 cm³/mol. The first-order valence-corrected chi connectivity index (χ1v) is 35.6. The number of hydrogen-bond donors (Lipinski definition) is 2. The minimum absolute atomic E-state index is 0.354. The molecule has 0 spiro atoms. The molecule has 0 amide bonds. The van der Waals surface area contributed by atoms with Gasteiger partial charge in [-0.2, -0.15) is 10.5 Å². The molecule has 12 aromatic rings. The quantitative estimate of drug-likeness (QED) is 0.0673. The van der Waals surface area contributed by atoms with E-state index in [1.54, 1.807) is 12.1 Å². The molecule has 98 heavy (non-hydrogen) atoms. The van der Waals surface area contributed by atoms with Crippen molar-refractivity contribution in [2.24, 2.45) is 0 Å². The molecule has 0 unspecified atom stereocenters. The number of anilines is 4. The van der Waals surface area contributed by atoms with Crippen LogP contribution >= 0.6 is 0 Å². The fourth-order valence-corrected chi connectivity index (χ4v) is 23.3. The van der Waals surface area contributed by atoms with Crippen molar-refractivity contribution in [3.63, 3.8) is 0 Å². The van der Waals surface area contributed by atoms with Gasteiger partial charge < -0.3 is 29.6 Å². The number of nitrogens with zero attached hydrogens (tertiary/aromatic N) is 2. The number of nitrogens with one attached hydrogen (secondary N) is 2. The van der Waals surface area contributed by atoms with Crippen LogP contribution in [0.25, 0.3) is 44.5 Å². The number of methoxy groups -OCH3 is 4. The van der Waals surface area contributed by atoms with Crippen molar-refractivity contribution in [3.05, 3.63) is 313 Å². The molecule has 0 bridgehead atoms. The van der Waals surface area contributed by atoms with E-state index in [-0.39, 0.29) is 23.9 Å². The maximum Gasteiger partial charge on any atom is 0.337 e. The zero-order chi connectivity index (χ0) is 68.8. The number of rotatable bonds is 12. The number of fused-ring (bicyclic) bond motifs is 4. The first-order chi connectivity index (χ1) is 47.9. The highest BCUT2D eigenvalue weighted by Gasteiger charge is 2.49. The number of carbonyl (C=O) groups excluding carboxylic acids is 4. The van der Waals surface area contributed by atoms with E-state index in [2.05, 4.69) is 205 Å². The summed E-state index contributed by atoms with van der Waals surface area (Å²) in [5, 5.41) is 32.3. The van der Waals surface area contributed by atoms with E-state index in [1.165, 1.54) is 83.8 Å². The third-order valence-corrected chi connectivity index (χ3v) is 27.3. The van der Waals surface area contributed by atoms with Gasteiger partial charge >= 0.3 is 23.9 Å². The molecule has 14 heteroatoms. The Kier molecular flexibility index (Phi) is 20.7. The van der Waals surface area contributed by atoms with E-state index < -0.39 is 16.1 Å². The summed E-state index contributed by atoms with van der Waals surface area (Å²) in [6.07, 6.45) is 0. The van der Waals surface area contributed by atoms with Crippen molar-refractivity contribution in [2.75, 3.05) is 39.1 Å². The first kappa shape index (κ1) is 67.0. The van der Waals surface area contributed by atoms with E-state index >= 15 is 0 Å². The second-order valence-corrected chi connectivity index (χ2v) is 30.4. The summed E-state index contributed by atoms with van der Waals surface area (Å²) in [6, 6.07) is 104. The highest BCUT2D eigenvalue weighted by Crippen LogP contribution is 2.35. The van der Waals surface area contributed by atoms with Crippen LogP contribution in [-0.2, 0) is 18.9 Å². The monoisotopic (exact) mass is 1320 g/mol. The van der Waals surface area contributed by atoms with Crippen LogP contribution in [0.15, 0.2) is 291 Å². The number of esters is 4. The van der Waals surface area contributed by atoms with Crippen LogP contribution in [0.2, 0.25) is 0 Å². The fourth-order valence-electron chi connectivity index (χ4n) is 13.1. The van der Waals surface area contributed by atoms with E-state index in [0.717, 1.165) is 67.3 Å². The summed E-state index contributed by atoms with van der Waals surface area (Å²) in [6.45, 7) is 2.86. The van der Waals surface area contributed by atoms with Gasteiger partial charge in [-0.05, 0) is 159 Å². The highest BCUT2D eigenvalue weighted by atomic mass is 28.3. The maximum absolute atomic E-state index is 12.1. The lowest BCUT2D eigenvalue weighted by molar-refractivity contribution is 0.0592. The summed E-state index contributed by atoms with van der Waals surface area (Å²) >= 11 is 0. The molecule has 0 saturated heterocycles. The molecule has 2 N–H and O–H groups in total. The smallest absolute Gasteiger partial charge is 0.337 e. The molecule has 14 rings (SSSR count). The van der Waals surface area contributed by atoms with Gasteiger partial charge in [0.25, 0.3) is 0 Å². The van der Waals surface area contributed by atoms with Crippen LogP contribution in [0, 0.1) is 22.7 Å². The molecule has 0 radical (unpaired) electrons. The third kappa shape index (κ3) is 13.2. The Morgan fingerprint density at radius 3 is 0.622 bits per heavy atom. The lowest BCUT2D eigenvalue weighted by Crippen LogP contribution is -2.76. The molecule has 12 aromatic carbocycles. The fraction of sp³-hybridized carbons (Fsp3) is 0.0714. The minimum Gasteiger partial charge on any atom is -0.465 e. The molecule has 2 aliphatic rings. The number of hydrogen-bond acceptors (Lipinski definition) is 12. The Labute approximate surface area is 572 Å². The molecule has 0 saturated carbocycles. The van der Waals surface area contributed by atoms with E-state index in [9.17, 15) is 19.2 Å². The van der Waals surface area contributed by atoms with Crippen LogP contribution in [0.4, 0.5) is 22.7 Å². The Morgan fingerprint density at radius 2 is 0.449 bits per heavy atom. The third-order valence-electron chi connectivity index (χ3n) is 17.6. The van der Waals surface area contributed by atoms with Gasteiger partial charge in [0.1, 0.15) is 0 Å². The molecule has 12 nitrogen and oxygen atoms in total. The Morgan fingerprint density at radius 1 is 0.276 bits per heavy atom. The van der Waals surface area contributed by atoms with Gasteiger partial charge in [0.15, 0.2) is 16.1 Å². The van der Waals surface area contributed by atoms with Crippen molar-refractivity contribution >= 4 is 104 Å². The first-order valence-electron chi connectivity index (χ1n) is 31.6. The standard InChI is InChI=1S/2C40H31NO4Si.2C2H3N/c2*1-44-39(42)29-17-13-27(14-18-29)31-21-23-35-37(25-31)46(33-9-5-3-6-10-33,34-11-7-4-8-12-34)38-26-32(22-24-36(38)41-35)28-15-19-30(20-16-28)40(43)45-2;2*1-2-3/h2*3-26,41H,1-2H3;2*1H3. The SMILES string of the molecule is CC#N.CC#N.COC(=O)c1ccc(-c2ccc3c(c2)[Si](c2ccccc2)(c2ccccc2)c2cc(-c4ccc(C(=O)OC)cc4)ccc2N3)cc1.COC(=O)c1ccc(-c2ccc3c(c2)[Si](c2ccccc2)(c2ccccc2)c2cc(-c4ccc(C(=O)OC)cc4)ccc2N3)cc1. The number of ether oxygens (including phenoxy) is 4. The average Bonchev–Trinajstić information content (AvgIpc) is 0.712.